The van der Waals surface area contributed by atoms with Gasteiger partial charge in [0.1, 0.15) is 0 Å². The van der Waals surface area contributed by atoms with E-state index in [1.54, 1.807) is 6.92 Å². The lowest BCUT2D eigenvalue weighted by atomic mass is 10.0. The largest absolute Gasteiger partial charge is 1.00 e. The van der Waals surface area contributed by atoms with Crippen molar-refractivity contribution in [1.82, 2.24) is 5.32 Å². The third-order valence-electron chi connectivity index (χ3n) is 4.91. The van der Waals surface area contributed by atoms with Gasteiger partial charge in [-0.25, -0.2) is 0 Å². The van der Waals surface area contributed by atoms with Crippen LogP contribution in [0.5, 0.6) is 0 Å². The molecule has 3 nitrogen and oxygen atoms in total. The Morgan fingerprint density at radius 2 is 1.40 bits per heavy atom. The summed E-state index contributed by atoms with van der Waals surface area (Å²) >= 11 is 0. The first-order valence-electron chi connectivity index (χ1n) is 10.1. The van der Waals surface area contributed by atoms with Crippen molar-refractivity contribution in [2.45, 2.75) is 97.6 Å². The summed E-state index contributed by atoms with van der Waals surface area (Å²) in [7, 11) is 4.45. The number of hydrogen-bond acceptors (Lipinski definition) is 1. The van der Waals surface area contributed by atoms with Gasteiger partial charge in [-0.05, 0) is 19.8 Å². The van der Waals surface area contributed by atoms with Crippen LogP contribution in [-0.2, 0) is 4.79 Å². The SMILES string of the molecule is C=C(C)C(=O)NC(CCCCCCCCCCC)[N+](C)(C)CCC.[Cl-]. The lowest BCUT2D eigenvalue weighted by Crippen LogP contribution is -3.00. The van der Waals surface area contributed by atoms with Gasteiger partial charge in [-0.15, -0.1) is 0 Å². The van der Waals surface area contributed by atoms with Gasteiger partial charge in [-0.1, -0.05) is 71.8 Å². The average molecular weight is 375 g/mol. The van der Waals surface area contributed by atoms with Gasteiger partial charge >= 0.3 is 0 Å². The van der Waals surface area contributed by atoms with Gasteiger partial charge in [0, 0.05) is 12.0 Å². The van der Waals surface area contributed by atoms with E-state index in [-0.39, 0.29) is 24.5 Å². The minimum atomic E-state index is -0.00164. The maximum absolute atomic E-state index is 12.0. The average Bonchev–Trinajstić information content (AvgIpc) is 2.51. The molecule has 0 aromatic carbocycles. The number of rotatable bonds is 15. The molecule has 0 saturated heterocycles. The van der Waals surface area contributed by atoms with Crippen molar-refractivity contribution in [2.75, 3.05) is 20.6 Å². The molecule has 150 valence electrons. The molecule has 1 unspecified atom stereocenters. The summed E-state index contributed by atoms with van der Waals surface area (Å²) in [5.74, 6) is -0.00164. The van der Waals surface area contributed by atoms with Crippen molar-refractivity contribution in [1.29, 1.82) is 0 Å². The first-order chi connectivity index (χ1) is 11.3. The van der Waals surface area contributed by atoms with Crippen molar-refractivity contribution < 1.29 is 21.7 Å². The first kappa shape index (κ1) is 26.7. The van der Waals surface area contributed by atoms with E-state index in [0.29, 0.717) is 5.57 Å². The number of amides is 1. The Hall–Kier alpha value is -0.540. The molecular formula is C21H43ClN2O. The molecule has 0 heterocycles. The fourth-order valence-corrected chi connectivity index (χ4v) is 3.25. The van der Waals surface area contributed by atoms with E-state index < -0.39 is 0 Å². The molecule has 0 bridgehead atoms. The highest BCUT2D eigenvalue weighted by Gasteiger charge is 2.28. The summed E-state index contributed by atoms with van der Waals surface area (Å²) in [6.07, 6.45) is 14.4. The van der Waals surface area contributed by atoms with Crippen LogP contribution < -0.4 is 17.7 Å². The van der Waals surface area contributed by atoms with E-state index in [4.69, 9.17) is 0 Å². The molecule has 0 spiro atoms. The Morgan fingerprint density at radius 3 is 1.84 bits per heavy atom. The maximum Gasteiger partial charge on any atom is 0.250 e. The lowest BCUT2D eigenvalue weighted by molar-refractivity contribution is -0.917. The van der Waals surface area contributed by atoms with Crippen molar-refractivity contribution in [3.63, 3.8) is 0 Å². The highest BCUT2D eigenvalue weighted by molar-refractivity contribution is 5.92. The van der Waals surface area contributed by atoms with Crippen molar-refractivity contribution in [3.8, 4) is 0 Å². The van der Waals surface area contributed by atoms with Gasteiger partial charge in [0.15, 0.2) is 6.17 Å². The number of unbranched alkanes of at least 4 members (excludes halogenated alkanes) is 8. The van der Waals surface area contributed by atoms with Crippen LogP contribution in [0.3, 0.4) is 0 Å². The van der Waals surface area contributed by atoms with E-state index in [9.17, 15) is 4.79 Å². The molecule has 0 radical (unpaired) electrons. The molecule has 0 aliphatic rings. The number of carbonyl (C=O) groups excluding carboxylic acids is 1. The molecule has 25 heavy (non-hydrogen) atoms. The van der Waals surface area contributed by atoms with Crippen LogP contribution in [0.4, 0.5) is 0 Å². The zero-order valence-electron chi connectivity index (χ0n) is 17.5. The van der Waals surface area contributed by atoms with Crippen molar-refractivity contribution in [3.05, 3.63) is 12.2 Å². The number of nitrogens with zero attached hydrogens (tertiary/aromatic N) is 1. The van der Waals surface area contributed by atoms with E-state index >= 15 is 0 Å². The van der Waals surface area contributed by atoms with Gasteiger partial charge in [0.2, 0.25) is 0 Å². The summed E-state index contributed by atoms with van der Waals surface area (Å²) < 4.78 is 0.854. The van der Waals surface area contributed by atoms with Crippen molar-refractivity contribution >= 4 is 5.91 Å². The highest BCUT2D eigenvalue weighted by Crippen LogP contribution is 2.16. The minimum absolute atomic E-state index is 0. The normalized spacial score (nSPS) is 12.4. The smallest absolute Gasteiger partial charge is 0.250 e. The summed E-state index contributed by atoms with van der Waals surface area (Å²) in [6, 6.07) is 0. The zero-order valence-corrected chi connectivity index (χ0v) is 18.3. The zero-order chi connectivity index (χ0) is 18.4. The summed E-state index contributed by atoms with van der Waals surface area (Å²) in [5, 5.41) is 3.20. The van der Waals surface area contributed by atoms with Gasteiger partial charge in [-0.2, -0.15) is 0 Å². The predicted octanol–water partition coefficient (Wildman–Crippen LogP) is 2.42. The van der Waals surface area contributed by atoms with Crippen LogP contribution in [-0.4, -0.2) is 37.2 Å². The minimum Gasteiger partial charge on any atom is -1.00 e. The van der Waals surface area contributed by atoms with Crippen LogP contribution >= 0.6 is 0 Å². The Bertz CT molecular complexity index is 356. The van der Waals surface area contributed by atoms with Gasteiger partial charge in [0.25, 0.3) is 5.91 Å². The molecule has 0 rings (SSSR count). The molecule has 1 N–H and O–H groups in total. The quantitative estimate of drug-likeness (QED) is 0.203. The summed E-state index contributed by atoms with van der Waals surface area (Å²) in [4.78, 5) is 12.0. The Labute approximate surface area is 163 Å². The van der Waals surface area contributed by atoms with Crippen LogP contribution in [0.15, 0.2) is 12.2 Å². The Balaban J connectivity index is 0. The molecule has 1 atom stereocenters. The monoisotopic (exact) mass is 374 g/mol. The number of carbonyl (C=O) groups is 1. The van der Waals surface area contributed by atoms with Gasteiger partial charge < -0.3 is 22.2 Å². The third-order valence-corrected chi connectivity index (χ3v) is 4.91. The third kappa shape index (κ3) is 13.3. The lowest BCUT2D eigenvalue weighted by Gasteiger charge is -2.38. The second kappa shape index (κ2) is 15.7. The molecule has 0 saturated carbocycles. The second-order valence-corrected chi connectivity index (χ2v) is 7.89. The number of quaternary nitrogens is 1. The standard InChI is InChI=1S/C21H42N2O.ClH/c1-7-9-10-11-12-13-14-15-16-17-20(22-21(24)19(3)4)23(5,6)18-8-2;/h20H,3,7-18H2,1-2,4-6H3;1H. The molecule has 0 aliphatic heterocycles. The predicted molar refractivity (Wildman–Crippen MR) is 106 cm³/mol. The maximum atomic E-state index is 12.0. The highest BCUT2D eigenvalue weighted by atomic mass is 35.5. The fraction of sp³-hybridized carbons (Fsp3) is 0.857. The Morgan fingerprint density at radius 1 is 0.920 bits per heavy atom. The number of nitrogens with one attached hydrogen (secondary N) is 1. The molecule has 0 fully saturated rings. The van der Waals surface area contributed by atoms with Crippen LogP contribution in [0.1, 0.15) is 91.4 Å². The molecule has 0 aromatic rings. The summed E-state index contributed by atoms with van der Waals surface area (Å²) in [6.45, 7) is 11.1. The Kier molecular flexibility index (Phi) is 16.8. The van der Waals surface area contributed by atoms with E-state index in [2.05, 4.69) is 39.8 Å². The van der Waals surface area contributed by atoms with E-state index in [0.717, 1.165) is 23.9 Å². The van der Waals surface area contributed by atoms with Crippen LogP contribution in [0.25, 0.3) is 0 Å². The second-order valence-electron chi connectivity index (χ2n) is 7.89. The van der Waals surface area contributed by atoms with E-state index in [1.165, 1.54) is 57.8 Å². The van der Waals surface area contributed by atoms with Gasteiger partial charge in [-0.3, -0.25) is 4.79 Å². The topological polar surface area (TPSA) is 29.1 Å². The number of hydrogen-bond donors (Lipinski definition) is 1. The molecule has 0 aliphatic carbocycles. The molecular weight excluding hydrogens is 332 g/mol. The molecule has 4 heteroatoms. The molecule has 0 aromatic heterocycles. The van der Waals surface area contributed by atoms with Gasteiger partial charge in [0.05, 0.1) is 20.6 Å². The summed E-state index contributed by atoms with van der Waals surface area (Å²) in [5.41, 5.74) is 0.601. The van der Waals surface area contributed by atoms with Crippen LogP contribution in [0, 0.1) is 0 Å². The van der Waals surface area contributed by atoms with Crippen molar-refractivity contribution in [2.24, 2.45) is 0 Å². The van der Waals surface area contributed by atoms with E-state index in [1.807, 2.05) is 0 Å². The fourth-order valence-electron chi connectivity index (χ4n) is 3.25. The first-order valence-corrected chi connectivity index (χ1v) is 10.1. The molecule has 1 amide bonds. The van der Waals surface area contributed by atoms with Crippen LogP contribution in [0.2, 0.25) is 0 Å². The number of halogens is 1.